The predicted octanol–water partition coefficient (Wildman–Crippen LogP) is 1.78. The highest BCUT2D eigenvalue weighted by Gasteiger charge is 2.30. The van der Waals surface area contributed by atoms with Crippen molar-refractivity contribution >= 4 is 17.4 Å². The van der Waals surface area contributed by atoms with Gasteiger partial charge >= 0.3 is 0 Å². The zero-order valence-corrected chi connectivity index (χ0v) is 9.97. The van der Waals surface area contributed by atoms with Crippen molar-refractivity contribution in [2.24, 2.45) is 0 Å². The van der Waals surface area contributed by atoms with Crippen LogP contribution in [-0.4, -0.2) is 24.3 Å². The average molecular weight is 233 g/mol. The number of carbonyl (C=O) groups excluding carboxylic acids is 2. The van der Waals surface area contributed by atoms with Gasteiger partial charge < -0.3 is 9.64 Å². The number of ketones is 1. The van der Waals surface area contributed by atoms with Crippen LogP contribution in [0.3, 0.4) is 0 Å². The summed E-state index contributed by atoms with van der Waals surface area (Å²) in [6, 6.07) is 7.29. The van der Waals surface area contributed by atoms with Crippen molar-refractivity contribution in [1.29, 1.82) is 0 Å². The first-order valence-corrected chi connectivity index (χ1v) is 5.65. The topological polar surface area (TPSA) is 46.6 Å². The van der Waals surface area contributed by atoms with E-state index in [-0.39, 0.29) is 30.8 Å². The quantitative estimate of drug-likeness (QED) is 0.748. The summed E-state index contributed by atoms with van der Waals surface area (Å²) in [5.41, 5.74) is 0.678. The Labute approximate surface area is 100 Å². The fraction of sp³-hybridized carbons (Fsp3) is 0.385. The lowest BCUT2D eigenvalue weighted by atomic mass is 10.2. The summed E-state index contributed by atoms with van der Waals surface area (Å²) in [7, 11) is 0. The molecule has 1 aromatic carbocycles. The number of rotatable bonds is 3. The SMILES string of the molecule is CC(C)Oc1ccccc1N1CC(=O)CC1=O. The Kier molecular flexibility index (Phi) is 3.13. The number of Topliss-reactive ketones (excluding diaryl/α,β-unsaturated/α-hetero) is 1. The third kappa shape index (κ3) is 2.46. The first-order valence-electron chi connectivity index (χ1n) is 5.65. The highest BCUT2D eigenvalue weighted by atomic mass is 16.5. The van der Waals surface area contributed by atoms with Crippen LogP contribution >= 0.6 is 0 Å². The number of benzene rings is 1. The van der Waals surface area contributed by atoms with Gasteiger partial charge in [0, 0.05) is 0 Å². The molecule has 1 aliphatic heterocycles. The average Bonchev–Trinajstić information content (AvgIpc) is 2.58. The number of anilines is 1. The second-order valence-electron chi connectivity index (χ2n) is 4.33. The molecular weight excluding hydrogens is 218 g/mol. The van der Waals surface area contributed by atoms with Gasteiger partial charge in [0.05, 0.1) is 24.8 Å². The van der Waals surface area contributed by atoms with Crippen molar-refractivity contribution in [3.8, 4) is 5.75 Å². The van der Waals surface area contributed by atoms with Gasteiger partial charge in [-0.15, -0.1) is 0 Å². The van der Waals surface area contributed by atoms with Crippen LogP contribution < -0.4 is 9.64 Å². The highest BCUT2D eigenvalue weighted by molar-refractivity contribution is 6.15. The molecule has 1 aromatic rings. The minimum absolute atomic E-state index is 0.00396. The van der Waals surface area contributed by atoms with Gasteiger partial charge in [-0.3, -0.25) is 9.59 Å². The van der Waals surface area contributed by atoms with Crippen molar-refractivity contribution in [1.82, 2.24) is 0 Å². The van der Waals surface area contributed by atoms with Crippen molar-refractivity contribution in [3.05, 3.63) is 24.3 Å². The van der Waals surface area contributed by atoms with E-state index in [1.807, 2.05) is 32.0 Å². The predicted molar refractivity (Wildman–Crippen MR) is 64.2 cm³/mol. The number of nitrogens with zero attached hydrogens (tertiary/aromatic N) is 1. The Morgan fingerprint density at radius 2 is 1.94 bits per heavy atom. The van der Waals surface area contributed by atoms with Crippen molar-refractivity contribution in [3.63, 3.8) is 0 Å². The molecule has 4 nitrogen and oxygen atoms in total. The molecule has 0 unspecified atom stereocenters. The molecule has 1 saturated heterocycles. The normalized spacial score (nSPS) is 15.8. The molecule has 0 aromatic heterocycles. The summed E-state index contributed by atoms with van der Waals surface area (Å²) < 4.78 is 5.64. The summed E-state index contributed by atoms with van der Waals surface area (Å²) in [4.78, 5) is 24.4. The lowest BCUT2D eigenvalue weighted by Crippen LogP contribution is -2.25. The van der Waals surface area contributed by atoms with Crippen LogP contribution in [0, 0.1) is 0 Å². The first-order chi connectivity index (χ1) is 8.08. The van der Waals surface area contributed by atoms with Gasteiger partial charge in [0.25, 0.3) is 0 Å². The molecule has 4 heteroatoms. The van der Waals surface area contributed by atoms with Crippen LogP contribution in [0.1, 0.15) is 20.3 Å². The maximum atomic E-state index is 11.7. The minimum Gasteiger partial charge on any atom is -0.489 e. The molecule has 1 heterocycles. The Bertz CT molecular complexity index is 454. The van der Waals surface area contributed by atoms with Crippen LogP contribution in [0.25, 0.3) is 0 Å². The Balaban J connectivity index is 2.31. The van der Waals surface area contributed by atoms with Crippen LogP contribution in [-0.2, 0) is 9.59 Å². The molecular formula is C13H15NO3. The number of para-hydroxylation sites is 2. The smallest absolute Gasteiger partial charge is 0.235 e. The maximum absolute atomic E-state index is 11.7. The molecule has 0 radical (unpaired) electrons. The summed E-state index contributed by atoms with van der Waals surface area (Å²) in [6.07, 6.45) is 0.0280. The Morgan fingerprint density at radius 1 is 1.24 bits per heavy atom. The number of carbonyl (C=O) groups is 2. The second-order valence-corrected chi connectivity index (χ2v) is 4.33. The van der Waals surface area contributed by atoms with E-state index in [1.165, 1.54) is 4.90 Å². The number of hydrogen-bond acceptors (Lipinski definition) is 3. The Morgan fingerprint density at radius 3 is 2.53 bits per heavy atom. The van der Waals surface area contributed by atoms with Gasteiger partial charge in [-0.05, 0) is 26.0 Å². The fourth-order valence-corrected chi connectivity index (χ4v) is 1.84. The van der Waals surface area contributed by atoms with Crippen LogP contribution in [0.2, 0.25) is 0 Å². The van der Waals surface area contributed by atoms with E-state index in [0.29, 0.717) is 11.4 Å². The molecule has 0 aliphatic carbocycles. The molecule has 0 saturated carbocycles. The largest absolute Gasteiger partial charge is 0.489 e. The summed E-state index contributed by atoms with van der Waals surface area (Å²) >= 11 is 0. The van der Waals surface area contributed by atoms with E-state index < -0.39 is 0 Å². The second kappa shape index (κ2) is 4.57. The van der Waals surface area contributed by atoms with E-state index >= 15 is 0 Å². The van der Waals surface area contributed by atoms with Crippen LogP contribution in [0.5, 0.6) is 5.75 Å². The molecule has 0 bridgehead atoms. The number of hydrogen-bond donors (Lipinski definition) is 0. The van der Waals surface area contributed by atoms with Crippen molar-refractivity contribution in [2.75, 3.05) is 11.4 Å². The van der Waals surface area contributed by atoms with Crippen molar-refractivity contribution < 1.29 is 14.3 Å². The van der Waals surface area contributed by atoms with Gasteiger partial charge in [-0.25, -0.2) is 0 Å². The van der Waals surface area contributed by atoms with Gasteiger partial charge in [-0.2, -0.15) is 0 Å². The lowest BCUT2D eigenvalue weighted by Gasteiger charge is -2.20. The van der Waals surface area contributed by atoms with Crippen LogP contribution in [0.4, 0.5) is 5.69 Å². The van der Waals surface area contributed by atoms with E-state index in [1.54, 1.807) is 6.07 Å². The molecule has 0 atom stereocenters. The first kappa shape index (κ1) is 11.6. The zero-order valence-electron chi connectivity index (χ0n) is 9.97. The fourth-order valence-electron chi connectivity index (χ4n) is 1.84. The van der Waals surface area contributed by atoms with Crippen LogP contribution in [0.15, 0.2) is 24.3 Å². The van der Waals surface area contributed by atoms with Gasteiger partial charge in [0.2, 0.25) is 5.91 Å². The number of amides is 1. The molecule has 90 valence electrons. The summed E-state index contributed by atoms with van der Waals surface area (Å²) in [5.74, 6) is 0.440. The standard InChI is InChI=1S/C13H15NO3/c1-9(2)17-12-6-4-3-5-11(12)14-8-10(15)7-13(14)16/h3-6,9H,7-8H2,1-2H3. The summed E-state index contributed by atoms with van der Waals surface area (Å²) in [6.45, 7) is 4.00. The molecule has 1 aliphatic rings. The van der Waals surface area contributed by atoms with Gasteiger partial charge in [-0.1, -0.05) is 12.1 Å². The molecule has 17 heavy (non-hydrogen) atoms. The third-order valence-corrected chi connectivity index (χ3v) is 2.50. The van der Waals surface area contributed by atoms with Gasteiger partial charge in [0.15, 0.2) is 5.78 Å². The maximum Gasteiger partial charge on any atom is 0.235 e. The highest BCUT2D eigenvalue weighted by Crippen LogP contribution is 2.31. The monoisotopic (exact) mass is 233 g/mol. The molecule has 1 amide bonds. The number of ether oxygens (including phenoxy) is 1. The molecule has 1 fully saturated rings. The molecule has 2 rings (SSSR count). The minimum atomic E-state index is -0.158. The van der Waals surface area contributed by atoms with E-state index in [9.17, 15) is 9.59 Å². The summed E-state index contributed by atoms with van der Waals surface area (Å²) in [5, 5.41) is 0. The van der Waals surface area contributed by atoms with Gasteiger partial charge in [0.1, 0.15) is 5.75 Å². The third-order valence-electron chi connectivity index (χ3n) is 2.50. The lowest BCUT2D eigenvalue weighted by molar-refractivity contribution is -0.121. The van der Waals surface area contributed by atoms with E-state index in [0.717, 1.165) is 0 Å². The molecule has 0 spiro atoms. The van der Waals surface area contributed by atoms with E-state index in [2.05, 4.69) is 0 Å². The van der Waals surface area contributed by atoms with Crippen molar-refractivity contribution in [2.45, 2.75) is 26.4 Å². The zero-order chi connectivity index (χ0) is 12.4. The van der Waals surface area contributed by atoms with E-state index in [4.69, 9.17) is 4.74 Å². The Hall–Kier alpha value is -1.84. The molecule has 0 N–H and O–H groups in total.